The number of amides is 1. The van der Waals surface area contributed by atoms with Gasteiger partial charge in [0.1, 0.15) is 0 Å². The van der Waals surface area contributed by atoms with Gasteiger partial charge in [-0.3, -0.25) is 4.79 Å². The van der Waals surface area contributed by atoms with Gasteiger partial charge in [-0.1, -0.05) is 26.7 Å². The number of rotatable bonds is 6. The minimum atomic E-state index is -0.0249. The lowest BCUT2D eigenvalue weighted by atomic mass is 10.1. The first-order chi connectivity index (χ1) is 11.1. The van der Waals surface area contributed by atoms with Gasteiger partial charge in [0, 0.05) is 13.1 Å². The summed E-state index contributed by atoms with van der Waals surface area (Å²) in [5, 5.41) is 5.21. The van der Waals surface area contributed by atoms with Crippen LogP contribution in [0.5, 0.6) is 0 Å². The molecule has 124 valence electrons. The summed E-state index contributed by atoms with van der Waals surface area (Å²) in [7, 11) is 0. The third kappa shape index (κ3) is 2.46. The number of aryl methyl sites for hydroxylation is 1. The number of unbranched alkanes of at least 4 members (excludes halogenated alkanes) is 2. The van der Waals surface area contributed by atoms with Crippen LogP contribution in [-0.2, 0) is 6.54 Å². The van der Waals surface area contributed by atoms with Crippen LogP contribution in [0.15, 0.2) is 6.20 Å². The van der Waals surface area contributed by atoms with Crippen LogP contribution in [0.4, 0.5) is 5.69 Å². The summed E-state index contributed by atoms with van der Waals surface area (Å²) < 4.78 is 1.92. The normalized spacial score (nSPS) is 17.3. The third-order valence-corrected chi connectivity index (χ3v) is 4.63. The molecule has 1 aliphatic heterocycles. The Hall–Kier alpha value is -2.11. The Bertz CT molecular complexity index is 736. The van der Waals surface area contributed by atoms with Crippen molar-refractivity contribution in [1.29, 1.82) is 0 Å². The molecular weight excluding hydrogens is 290 g/mol. The first-order valence-electron chi connectivity index (χ1n) is 8.55. The van der Waals surface area contributed by atoms with Crippen LogP contribution in [0.2, 0.25) is 0 Å². The van der Waals surface area contributed by atoms with Gasteiger partial charge in [-0.05, 0) is 19.8 Å². The highest BCUT2D eigenvalue weighted by molar-refractivity contribution is 6.09. The van der Waals surface area contributed by atoms with Crippen LogP contribution < -0.4 is 5.73 Å². The van der Waals surface area contributed by atoms with Crippen molar-refractivity contribution in [2.24, 2.45) is 0 Å². The fourth-order valence-electron chi connectivity index (χ4n) is 3.33. The van der Waals surface area contributed by atoms with Gasteiger partial charge in [0.05, 0.1) is 34.6 Å². The van der Waals surface area contributed by atoms with Gasteiger partial charge in [0.25, 0.3) is 5.91 Å². The molecule has 1 amide bonds. The Morgan fingerprint density at radius 1 is 1.22 bits per heavy atom. The molecule has 1 aliphatic rings. The summed E-state index contributed by atoms with van der Waals surface area (Å²) in [6.07, 6.45) is 6.07. The number of fused-ring (bicyclic) bond motifs is 2. The van der Waals surface area contributed by atoms with Crippen molar-refractivity contribution < 1.29 is 4.79 Å². The van der Waals surface area contributed by atoms with Gasteiger partial charge in [0.15, 0.2) is 5.65 Å². The van der Waals surface area contributed by atoms with E-state index in [0.717, 1.165) is 42.7 Å². The van der Waals surface area contributed by atoms with Crippen LogP contribution in [0.3, 0.4) is 0 Å². The van der Waals surface area contributed by atoms with E-state index in [1.165, 1.54) is 12.8 Å². The highest BCUT2D eigenvalue weighted by Gasteiger charge is 2.37. The smallest absolute Gasteiger partial charge is 0.258 e. The molecule has 3 rings (SSSR count). The second-order valence-corrected chi connectivity index (χ2v) is 6.27. The van der Waals surface area contributed by atoms with Crippen molar-refractivity contribution in [2.45, 2.75) is 59.0 Å². The molecule has 1 atom stereocenters. The predicted octanol–water partition coefficient (Wildman–Crippen LogP) is 3.13. The minimum Gasteiger partial charge on any atom is -0.397 e. The lowest BCUT2D eigenvalue weighted by Gasteiger charge is -2.20. The molecule has 0 fully saturated rings. The largest absolute Gasteiger partial charge is 0.397 e. The van der Waals surface area contributed by atoms with Gasteiger partial charge in [-0.2, -0.15) is 5.10 Å². The third-order valence-electron chi connectivity index (χ3n) is 4.63. The van der Waals surface area contributed by atoms with E-state index >= 15 is 0 Å². The standard InChI is InChI=1S/C17H25N5O/c1-4-6-7-9-22-16-12(10-19-22)14(18)13-15(20-16)11(3)21(8-5-2)17(13)23/h10-11H,4-9H2,1-3H3,(H2,18,20). The molecule has 0 saturated heterocycles. The molecule has 2 N–H and O–H groups in total. The Morgan fingerprint density at radius 3 is 2.70 bits per heavy atom. The summed E-state index contributed by atoms with van der Waals surface area (Å²) in [5.41, 5.74) is 9.01. The summed E-state index contributed by atoms with van der Waals surface area (Å²) in [6.45, 7) is 7.84. The molecule has 1 unspecified atom stereocenters. The van der Waals surface area contributed by atoms with Crippen molar-refractivity contribution in [2.75, 3.05) is 12.3 Å². The van der Waals surface area contributed by atoms with Crippen molar-refractivity contribution in [3.8, 4) is 0 Å². The summed E-state index contributed by atoms with van der Waals surface area (Å²) in [5.74, 6) is -0.0000158. The average molecular weight is 315 g/mol. The molecule has 23 heavy (non-hydrogen) atoms. The van der Waals surface area contributed by atoms with E-state index in [1.807, 2.05) is 16.5 Å². The number of aromatic nitrogens is 3. The van der Waals surface area contributed by atoms with Crippen LogP contribution in [0, 0.1) is 0 Å². The number of carbonyl (C=O) groups excluding carboxylic acids is 1. The lowest BCUT2D eigenvalue weighted by Crippen LogP contribution is -2.27. The zero-order valence-electron chi connectivity index (χ0n) is 14.2. The molecule has 0 saturated carbocycles. The number of nitrogens with zero attached hydrogens (tertiary/aromatic N) is 4. The van der Waals surface area contributed by atoms with Crippen LogP contribution in [0.1, 0.15) is 68.5 Å². The van der Waals surface area contributed by atoms with E-state index in [9.17, 15) is 4.79 Å². The highest BCUT2D eigenvalue weighted by atomic mass is 16.2. The number of nitrogens with two attached hydrogens (primary N) is 1. The Kier molecular flexibility index (Phi) is 4.24. The van der Waals surface area contributed by atoms with Gasteiger partial charge in [0.2, 0.25) is 0 Å². The molecular formula is C17H25N5O. The Morgan fingerprint density at radius 2 is 2.00 bits per heavy atom. The quantitative estimate of drug-likeness (QED) is 0.831. The zero-order valence-corrected chi connectivity index (χ0v) is 14.2. The van der Waals surface area contributed by atoms with Gasteiger partial charge in [-0.25, -0.2) is 9.67 Å². The number of hydrogen-bond acceptors (Lipinski definition) is 4. The second-order valence-electron chi connectivity index (χ2n) is 6.27. The monoisotopic (exact) mass is 315 g/mol. The fourth-order valence-corrected chi connectivity index (χ4v) is 3.33. The van der Waals surface area contributed by atoms with Gasteiger partial charge >= 0.3 is 0 Å². The maximum atomic E-state index is 12.7. The Labute approximate surface area is 136 Å². The molecule has 0 aliphatic carbocycles. The molecule has 3 heterocycles. The maximum absolute atomic E-state index is 12.7. The summed E-state index contributed by atoms with van der Waals surface area (Å²) in [6, 6.07) is -0.0249. The molecule has 0 spiro atoms. The summed E-state index contributed by atoms with van der Waals surface area (Å²) >= 11 is 0. The minimum absolute atomic E-state index is 0.0000158. The number of hydrogen-bond donors (Lipinski definition) is 1. The molecule has 0 radical (unpaired) electrons. The van der Waals surface area contributed by atoms with Crippen molar-refractivity contribution in [1.82, 2.24) is 19.7 Å². The van der Waals surface area contributed by atoms with E-state index in [4.69, 9.17) is 10.7 Å². The van der Waals surface area contributed by atoms with Crippen molar-refractivity contribution >= 4 is 22.6 Å². The molecule has 0 bridgehead atoms. The molecule has 6 nitrogen and oxygen atoms in total. The van der Waals surface area contributed by atoms with Crippen LogP contribution in [-0.4, -0.2) is 32.1 Å². The van der Waals surface area contributed by atoms with Gasteiger partial charge < -0.3 is 10.6 Å². The van der Waals surface area contributed by atoms with E-state index in [2.05, 4.69) is 18.9 Å². The number of nitrogen functional groups attached to an aromatic ring is 1. The zero-order chi connectivity index (χ0) is 16.6. The summed E-state index contributed by atoms with van der Waals surface area (Å²) in [4.78, 5) is 19.3. The number of carbonyl (C=O) groups is 1. The van der Waals surface area contributed by atoms with E-state index in [-0.39, 0.29) is 11.9 Å². The average Bonchev–Trinajstić information content (AvgIpc) is 3.04. The van der Waals surface area contributed by atoms with Gasteiger partial charge in [-0.15, -0.1) is 0 Å². The highest BCUT2D eigenvalue weighted by Crippen LogP contribution is 2.38. The Balaban J connectivity index is 2.05. The van der Waals surface area contributed by atoms with Crippen LogP contribution >= 0.6 is 0 Å². The second kappa shape index (κ2) is 6.18. The van der Waals surface area contributed by atoms with Crippen LogP contribution in [0.25, 0.3) is 11.0 Å². The number of anilines is 1. The van der Waals surface area contributed by atoms with Crippen molar-refractivity contribution in [3.05, 3.63) is 17.5 Å². The number of pyridine rings is 1. The lowest BCUT2D eigenvalue weighted by molar-refractivity contribution is 0.0737. The fraction of sp³-hybridized carbons (Fsp3) is 0.588. The molecule has 2 aromatic heterocycles. The molecule has 2 aromatic rings. The first kappa shape index (κ1) is 15.8. The van der Waals surface area contributed by atoms with E-state index < -0.39 is 0 Å². The predicted molar refractivity (Wildman–Crippen MR) is 91.2 cm³/mol. The maximum Gasteiger partial charge on any atom is 0.258 e. The van der Waals surface area contributed by atoms with E-state index in [0.29, 0.717) is 11.3 Å². The SMILES string of the molecule is CCCCCn1ncc2c(N)c3c(nc21)C(C)N(CCC)C3=O. The topological polar surface area (TPSA) is 77.0 Å². The van der Waals surface area contributed by atoms with E-state index in [1.54, 1.807) is 6.20 Å². The molecule has 6 heteroatoms. The van der Waals surface area contributed by atoms with Crippen molar-refractivity contribution in [3.63, 3.8) is 0 Å². The molecule has 0 aromatic carbocycles. The first-order valence-corrected chi connectivity index (χ1v) is 8.55.